The predicted octanol–water partition coefficient (Wildman–Crippen LogP) is 3.99. The molecule has 0 atom stereocenters. The molecule has 1 heterocycles. The molecule has 0 bridgehead atoms. The Balaban J connectivity index is 1.92. The molecule has 19 heavy (non-hydrogen) atoms. The largest absolute Gasteiger partial charge is 0.351 e. The Morgan fingerprint density at radius 1 is 1.26 bits per heavy atom. The zero-order valence-electron chi connectivity index (χ0n) is 11.0. The van der Waals surface area contributed by atoms with Crippen LogP contribution in [0.3, 0.4) is 0 Å². The fraction of sp³-hybridized carbons (Fsp3) is 0.267. The van der Waals surface area contributed by atoms with Gasteiger partial charge in [-0.05, 0) is 53.0 Å². The number of carbonyl (C=O) groups excluding carboxylic acids is 1. The summed E-state index contributed by atoms with van der Waals surface area (Å²) in [5.74, 6) is 0.0678. The van der Waals surface area contributed by atoms with Gasteiger partial charge >= 0.3 is 0 Å². The number of hydrogen-bond acceptors (Lipinski definition) is 2. The maximum Gasteiger partial charge on any atom is 0.224 e. The molecule has 2 nitrogen and oxygen atoms in total. The quantitative estimate of drug-likeness (QED) is 0.897. The van der Waals surface area contributed by atoms with Gasteiger partial charge in [-0.2, -0.15) is 0 Å². The van der Waals surface area contributed by atoms with E-state index >= 15 is 0 Å². The zero-order valence-corrected chi connectivity index (χ0v) is 13.4. The number of rotatable bonds is 4. The van der Waals surface area contributed by atoms with Crippen molar-refractivity contribution in [1.82, 2.24) is 5.32 Å². The van der Waals surface area contributed by atoms with Crippen molar-refractivity contribution >= 4 is 33.2 Å². The lowest BCUT2D eigenvalue weighted by atomic mass is 10.0. The van der Waals surface area contributed by atoms with Gasteiger partial charge < -0.3 is 5.32 Å². The third kappa shape index (κ3) is 4.18. The minimum atomic E-state index is 0.0678. The van der Waals surface area contributed by atoms with Crippen molar-refractivity contribution in [3.8, 4) is 0 Å². The first-order valence-corrected chi connectivity index (χ1v) is 7.72. The maximum atomic E-state index is 11.9. The third-order valence-electron chi connectivity index (χ3n) is 2.94. The highest BCUT2D eigenvalue weighted by Gasteiger charge is 2.07. The molecule has 1 aromatic heterocycles. The molecule has 2 rings (SSSR count). The normalized spacial score (nSPS) is 10.5. The van der Waals surface area contributed by atoms with E-state index in [1.165, 1.54) is 11.1 Å². The van der Waals surface area contributed by atoms with E-state index in [-0.39, 0.29) is 5.91 Å². The highest BCUT2D eigenvalue weighted by atomic mass is 79.9. The molecule has 1 aromatic carbocycles. The second kappa shape index (κ2) is 6.35. The Hall–Kier alpha value is -1.13. The van der Waals surface area contributed by atoms with Crippen LogP contribution in [0.1, 0.15) is 21.6 Å². The Kier molecular flexibility index (Phi) is 4.77. The van der Waals surface area contributed by atoms with Crippen LogP contribution in [0, 0.1) is 13.8 Å². The monoisotopic (exact) mass is 337 g/mol. The van der Waals surface area contributed by atoms with Crippen LogP contribution >= 0.6 is 27.3 Å². The standard InChI is InChI=1S/C15H16BrNOS/c1-10-3-4-11(2)12(7-10)8-15(18)17-9-13-5-6-14(16)19-13/h3-7H,8-9H2,1-2H3,(H,17,18). The van der Waals surface area contributed by atoms with Crippen LogP contribution < -0.4 is 5.32 Å². The molecular weight excluding hydrogens is 322 g/mol. The van der Waals surface area contributed by atoms with Crippen LogP contribution in [0.5, 0.6) is 0 Å². The summed E-state index contributed by atoms with van der Waals surface area (Å²) in [7, 11) is 0. The number of benzene rings is 1. The molecule has 0 aliphatic rings. The molecule has 0 saturated carbocycles. The number of nitrogens with one attached hydrogen (secondary N) is 1. The highest BCUT2D eigenvalue weighted by Crippen LogP contribution is 2.21. The van der Waals surface area contributed by atoms with Crippen LogP contribution in [0.25, 0.3) is 0 Å². The van der Waals surface area contributed by atoms with E-state index in [1.807, 2.05) is 26.0 Å². The first kappa shape index (κ1) is 14.3. The fourth-order valence-corrected chi connectivity index (χ4v) is 3.28. The lowest BCUT2D eigenvalue weighted by Gasteiger charge is -2.07. The zero-order chi connectivity index (χ0) is 13.8. The Morgan fingerprint density at radius 2 is 2.05 bits per heavy atom. The van der Waals surface area contributed by atoms with E-state index in [2.05, 4.69) is 39.4 Å². The summed E-state index contributed by atoms with van der Waals surface area (Å²) in [6, 6.07) is 10.2. The van der Waals surface area contributed by atoms with E-state index < -0.39 is 0 Å². The smallest absolute Gasteiger partial charge is 0.224 e. The summed E-state index contributed by atoms with van der Waals surface area (Å²) in [6.45, 7) is 4.68. The maximum absolute atomic E-state index is 11.9. The average molecular weight is 338 g/mol. The molecule has 0 aliphatic heterocycles. The summed E-state index contributed by atoms with van der Waals surface area (Å²) in [5.41, 5.74) is 3.46. The van der Waals surface area contributed by atoms with Crippen molar-refractivity contribution in [1.29, 1.82) is 0 Å². The molecule has 0 saturated heterocycles. The van der Waals surface area contributed by atoms with E-state index in [0.717, 1.165) is 14.2 Å². The fourth-order valence-electron chi connectivity index (χ4n) is 1.86. The van der Waals surface area contributed by atoms with Gasteiger partial charge in [-0.15, -0.1) is 11.3 Å². The summed E-state index contributed by atoms with van der Waals surface area (Å²) in [5, 5.41) is 2.96. The van der Waals surface area contributed by atoms with Gasteiger partial charge in [0.1, 0.15) is 0 Å². The molecule has 2 aromatic rings. The first-order valence-electron chi connectivity index (χ1n) is 6.11. The van der Waals surface area contributed by atoms with Gasteiger partial charge in [0, 0.05) is 4.88 Å². The molecule has 0 fully saturated rings. The Morgan fingerprint density at radius 3 is 2.74 bits per heavy atom. The minimum absolute atomic E-state index is 0.0678. The van der Waals surface area contributed by atoms with E-state index in [1.54, 1.807) is 11.3 Å². The van der Waals surface area contributed by atoms with Crippen LogP contribution in [0.2, 0.25) is 0 Å². The van der Waals surface area contributed by atoms with Gasteiger partial charge in [-0.1, -0.05) is 23.8 Å². The Labute approximate surface area is 126 Å². The molecule has 1 amide bonds. The van der Waals surface area contributed by atoms with E-state index in [0.29, 0.717) is 13.0 Å². The number of carbonyl (C=O) groups is 1. The Bertz CT molecular complexity index is 592. The average Bonchev–Trinajstić information content (AvgIpc) is 2.77. The number of hydrogen-bond donors (Lipinski definition) is 1. The lowest BCUT2D eigenvalue weighted by molar-refractivity contribution is -0.120. The lowest BCUT2D eigenvalue weighted by Crippen LogP contribution is -2.24. The van der Waals surface area contributed by atoms with Crippen LogP contribution in [-0.2, 0) is 17.8 Å². The number of halogens is 1. The van der Waals surface area contributed by atoms with Crippen molar-refractivity contribution in [3.63, 3.8) is 0 Å². The molecule has 100 valence electrons. The van der Waals surface area contributed by atoms with Crippen molar-refractivity contribution in [2.45, 2.75) is 26.8 Å². The van der Waals surface area contributed by atoms with Gasteiger partial charge in [0.25, 0.3) is 0 Å². The summed E-state index contributed by atoms with van der Waals surface area (Å²) in [6.07, 6.45) is 0.445. The molecule has 0 radical (unpaired) electrons. The third-order valence-corrected chi connectivity index (χ3v) is 4.57. The van der Waals surface area contributed by atoms with Crippen LogP contribution in [0.15, 0.2) is 34.1 Å². The molecule has 0 spiro atoms. The summed E-state index contributed by atoms with van der Waals surface area (Å²) >= 11 is 5.06. The van der Waals surface area contributed by atoms with Gasteiger partial charge in [-0.25, -0.2) is 0 Å². The number of thiophene rings is 1. The van der Waals surface area contributed by atoms with Gasteiger partial charge in [0.15, 0.2) is 0 Å². The minimum Gasteiger partial charge on any atom is -0.351 e. The van der Waals surface area contributed by atoms with Crippen molar-refractivity contribution in [3.05, 3.63) is 55.7 Å². The molecule has 1 N–H and O–H groups in total. The van der Waals surface area contributed by atoms with Gasteiger partial charge in [0.05, 0.1) is 16.8 Å². The first-order chi connectivity index (χ1) is 9.04. The number of amides is 1. The SMILES string of the molecule is Cc1ccc(C)c(CC(=O)NCc2ccc(Br)s2)c1. The summed E-state index contributed by atoms with van der Waals surface area (Å²) in [4.78, 5) is 13.1. The van der Waals surface area contributed by atoms with Crippen LogP contribution in [-0.4, -0.2) is 5.91 Å². The van der Waals surface area contributed by atoms with Crippen molar-refractivity contribution in [2.24, 2.45) is 0 Å². The number of aryl methyl sites for hydroxylation is 2. The topological polar surface area (TPSA) is 29.1 Å². The van der Waals surface area contributed by atoms with Gasteiger partial charge in [-0.3, -0.25) is 4.79 Å². The van der Waals surface area contributed by atoms with Gasteiger partial charge in [0.2, 0.25) is 5.91 Å². The molecule has 0 aliphatic carbocycles. The second-order valence-electron chi connectivity index (χ2n) is 4.59. The van der Waals surface area contributed by atoms with Crippen LogP contribution in [0.4, 0.5) is 0 Å². The predicted molar refractivity (Wildman–Crippen MR) is 83.5 cm³/mol. The van der Waals surface area contributed by atoms with Crippen molar-refractivity contribution < 1.29 is 4.79 Å². The second-order valence-corrected chi connectivity index (χ2v) is 7.14. The molecular formula is C15H16BrNOS. The van der Waals surface area contributed by atoms with E-state index in [4.69, 9.17) is 0 Å². The molecule has 0 unspecified atom stereocenters. The summed E-state index contributed by atoms with van der Waals surface area (Å²) < 4.78 is 1.09. The van der Waals surface area contributed by atoms with Crippen molar-refractivity contribution in [2.75, 3.05) is 0 Å². The highest BCUT2D eigenvalue weighted by molar-refractivity contribution is 9.11. The van der Waals surface area contributed by atoms with E-state index in [9.17, 15) is 4.79 Å². The molecule has 4 heteroatoms.